The molecular formula is C20H22ClNO5S. The summed E-state index contributed by atoms with van der Waals surface area (Å²) >= 11 is 5.83. The number of sulfonamides is 1. The highest BCUT2D eigenvalue weighted by molar-refractivity contribution is 7.89. The molecule has 1 aliphatic heterocycles. The topological polar surface area (TPSA) is 72.9 Å². The molecule has 2 unspecified atom stereocenters. The van der Waals surface area contributed by atoms with Crippen molar-refractivity contribution in [2.45, 2.75) is 37.6 Å². The number of esters is 1. The number of ether oxygens (including phenoxy) is 2. The van der Waals surface area contributed by atoms with Crippen molar-refractivity contribution in [3.05, 3.63) is 64.7 Å². The van der Waals surface area contributed by atoms with Gasteiger partial charge in [0.2, 0.25) is 10.0 Å². The normalized spacial score (nSPS) is 20.7. The lowest BCUT2D eigenvalue weighted by Crippen LogP contribution is -2.48. The predicted octanol–water partition coefficient (Wildman–Crippen LogP) is 3.49. The van der Waals surface area contributed by atoms with E-state index in [0.717, 1.165) is 5.56 Å². The predicted molar refractivity (Wildman–Crippen MR) is 106 cm³/mol. The van der Waals surface area contributed by atoms with Crippen LogP contribution in [0.2, 0.25) is 5.02 Å². The van der Waals surface area contributed by atoms with Gasteiger partial charge in [0.15, 0.2) is 0 Å². The number of halogens is 1. The standard InChI is InChI=1S/C20H22ClNO5S/c1-14-11-22(12-15(2)27-14)28(24,25)19-9-5-17(6-10-19)20(23)26-13-16-3-7-18(21)8-4-16/h3-10,14-15H,11-13H2,1-2H3. The maximum Gasteiger partial charge on any atom is 0.338 e. The summed E-state index contributed by atoms with van der Waals surface area (Å²) in [4.78, 5) is 12.4. The Bertz CT molecular complexity index is 918. The Labute approximate surface area is 170 Å². The van der Waals surface area contributed by atoms with Gasteiger partial charge in [-0.3, -0.25) is 0 Å². The van der Waals surface area contributed by atoms with Crippen molar-refractivity contribution in [1.82, 2.24) is 4.31 Å². The first-order valence-corrected chi connectivity index (χ1v) is 10.7. The first-order valence-electron chi connectivity index (χ1n) is 8.93. The second kappa shape index (κ2) is 8.61. The SMILES string of the molecule is CC1CN(S(=O)(=O)c2ccc(C(=O)OCc3ccc(Cl)cc3)cc2)CC(C)O1. The van der Waals surface area contributed by atoms with Crippen LogP contribution < -0.4 is 0 Å². The van der Waals surface area contributed by atoms with E-state index in [0.29, 0.717) is 18.1 Å². The molecule has 6 nitrogen and oxygen atoms in total. The Morgan fingerprint density at radius 3 is 2.21 bits per heavy atom. The minimum atomic E-state index is -3.64. The van der Waals surface area contributed by atoms with E-state index in [1.165, 1.54) is 28.6 Å². The zero-order valence-corrected chi connectivity index (χ0v) is 17.2. The molecule has 1 fully saturated rings. The van der Waals surface area contributed by atoms with Crippen molar-refractivity contribution < 1.29 is 22.7 Å². The van der Waals surface area contributed by atoms with Gasteiger partial charge in [-0.1, -0.05) is 23.7 Å². The second-order valence-corrected chi connectivity index (χ2v) is 9.18. The van der Waals surface area contributed by atoms with Gasteiger partial charge in [-0.05, 0) is 55.8 Å². The summed E-state index contributed by atoms with van der Waals surface area (Å²) in [6.07, 6.45) is -0.332. The molecule has 0 spiro atoms. The van der Waals surface area contributed by atoms with Crippen LogP contribution in [0.3, 0.4) is 0 Å². The molecule has 28 heavy (non-hydrogen) atoms. The molecule has 2 aromatic carbocycles. The summed E-state index contributed by atoms with van der Waals surface area (Å²) < 4.78 is 38.0. The van der Waals surface area contributed by atoms with Crippen LogP contribution >= 0.6 is 11.6 Å². The second-order valence-electron chi connectivity index (χ2n) is 6.81. The molecule has 0 bridgehead atoms. The van der Waals surface area contributed by atoms with Crippen LogP contribution in [0.1, 0.15) is 29.8 Å². The van der Waals surface area contributed by atoms with Crippen LogP contribution in [-0.2, 0) is 26.1 Å². The number of carbonyl (C=O) groups is 1. The average molecular weight is 424 g/mol. The quantitative estimate of drug-likeness (QED) is 0.688. The molecule has 0 amide bonds. The van der Waals surface area contributed by atoms with Gasteiger partial charge in [0, 0.05) is 18.1 Å². The Balaban J connectivity index is 1.66. The van der Waals surface area contributed by atoms with Crippen molar-refractivity contribution in [3.63, 3.8) is 0 Å². The highest BCUT2D eigenvalue weighted by atomic mass is 35.5. The van der Waals surface area contributed by atoms with Crippen molar-refractivity contribution in [1.29, 1.82) is 0 Å². The van der Waals surface area contributed by atoms with E-state index in [1.807, 2.05) is 13.8 Å². The van der Waals surface area contributed by atoms with E-state index in [9.17, 15) is 13.2 Å². The van der Waals surface area contributed by atoms with E-state index < -0.39 is 16.0 Å². The molecule has 150 valence electrons. The molecule has 0 radical (unpaired) electrons. The lowest BCUT2D eigenvalue weighted by Gasteiger charge is -2.34. The van der Waals surface area contributed by atoms with Crippen LogP contribution in [0.15, 0.2) is 53.4 Å². The molecule has 2 aromatic rings. The third kappa shape index (κ3) is 4.91. The van der Waals surface area contributed by atoms with Crippen molar-refractivity contribution in [2.75, 3.05) is 13.1 Å². The lowest BCUT2D eigenvalue weighted by atomic mass is 10.2. The fourth-order valence-electron chi connectivity index (χ4n) is 3.05. The van der Waals surface area contributed by atoms with Crippen LogP contribution in [0.25, 0.3) is 0 Å². The molecule has 1 aliphatic rings. The summed E-state index contributed by atoms with van der Waals surface area (Å²) in [5, 5.41) is 0.607. The van der Waals surface area contributed by atoms with Gasteiger partial charge in [0.1, 0.15) is 6.61 Å². The molecule has 0 aliphatic carbocycles. The Kier molecular flexibility index (Phi) is 6.40. The van der Waals surface area contributed by atoms with Crippen LogP contribution in [0.5, 0.6) is 0 Å². The van der Waals surface area contributed by atoms with Gasteiger partial charge in [-0.15, -0.1) is 0 Å². The summed E-state index contributed by atoms with van der Waals surface area (Å²) in [5.74, 6) is -0.521. The molecule has 1 heterocycles. The first kappa shape index (κ1) is 20.8. The van der Waals surface area contributed by atoms with E-state index in [-0.39, 0.29) is 29.3 Å². The van der Waals surface area contributed by atoms with E-state index >= 15 is 0 Å². The maximum absolute atomic E-state index is 12.8. The molecule has 0 saturated carbocycles. The van der Waals surface area contributed by atoms with E-state index in [4.69, 9.17) is 21.1 Å². The third-order valence-corrected chi connectivity index (χ3v) is 6.49. The van der Waals surface area contributed by atoms with Gasteiger partial charge < -0.3 is 9.47 Å². The van der Waals surface area contributed by atoms with Crippen molar-refractivity contribution in [2.24, 2.45) is 0 Å². The largest absolute Gasteiger partial charge is 0.457 e. The summed E-state index contributed by atoms with van der Waals surface area (Å²) in [7, 11) is -3.64. The highest BCUT2D eigenvalue weighted by Crippen LogP contribution is 2.22. The highest BCUT2D eigenvalue weighted by Gasteiger charge is 2.32. The molecular weight excluding hydrogens is 402 g/mol. The van der Waals surface area contributed by atoms with Gasteiger partial charge >= 0.3 is 5.97 Å². The zero-order chi connectivity index (χ0) is 20.3. The number of nitrogens with zero attached hydrogens (tertiary/aromatic N) is 1. The zero-order valence-electron chi connectivity index (χ0n) is 15.7. The molecule has 2 atom stereocenters. The Morgan fingerprint density at radius 1 is 1.07 bits per heavy atom. The van der Waals surface area contributed by atoms with Crippen molar-refractivity contribution >= 4 is 27.6 Å². The maximum atomic E-state index is 12.8. The van der Waals surface area contributed by atoms with Gasteiger partial charge in [0.05, 0.1) is 22.7 Å². The van der Waals surface area contributed by atoms with Gasteiger partial charge in [-0.25, -0.2) is 13.2 Å². The van der Waals surface area contributed by atoms with Gasteiger partial charge in [-0.2, -0.15) is 4.31 Å². The molecule has 0 N–H and O–H groups in total. The number of morpholine rings is 1. The number of hydrogen-bond acceptors (Lipinski definition) is 5. The average Bonchev–Trinajstić information content (AvgIpc) is 2.66. The minimum absolute atomic E-state index is 0.111. The van der Waals surface area contributed by atoms with E-state index in [2.05, 4.69) is 0 Å². The fraction of sp³-hybridized carbons (Fsp3) is 0.350. The summed E-state index contributed by atoms with van der Waals surface area (Å²) in [6, 6.07) is 12.8. The summed E-state index contributed by atoms with van der Waals surface area (Å²) in [6.45, 7) is 4.41. The van der Waals surface area contributed by atoms with Crippen LogP contribution in [0.4, 0.5) is 0 Å². The number of rotatable bonds is 5. The Hall–Kier alpha value is -1.93. The molecule has 3 rings (SSSR count). The van der Waals surface area contributed by atoms with Crippen LogP contribution in [-0.4, -0.2) is 44.0 Å². The minimum Gasteiger partial charge on any atom is -0.457 e. The lowest BCUT2D eigenvalue weighted by molar-refractivity contribution is -0.0440. The fourth-order valence-corrected chi connectivity index (χ4v) is 4.77. The first-order chi connectivity index (χ1) is 13.3. The number of carbonyl (C=O) groups excluding carboxylic acids is 1. The molecule has 8 heteroatoms. The molecule has 0 aromatic heterocycles. The van der Waals surface area contributed by atoms with Gasteiger partial charge in [0.25, 0.3) is 0 Å². The third-order valence-electron chi connectivity index (χ3n) is 4.40. The monoisotopic (exact) mass is 423 g/mol. The number of hydrogen-bond donors (Lipinski definition) is 0. The van der Waals surface area contributed by atoms with Crippen LogP contribution in [0, 0.1) is 0 Å². The van der Waals surface area contributed by atoms with E-state index in [1.54, 1.807) is 24.3 Å². The Morgan fingerprint density at radius 2 is 1.64 bits per heavy atom. The smallest absolute Gasteiger partial charge is 0.338 e. The van der Waals surface area contributed by atoms with Crippen molar-refractivity contribution in [3.8, 4) is 0 Å². The molecule has 1 saturated heterocycles. The number of benzene rings is 2. The summed E-state index contributed by atoms with van der Waals surface area (Å²) in [5.41, 5.74) is 1.10.